The molecule has 2 aromatic carbocycles. The molecule has 1 saturated heterocycles. The van der Waals surface area contributed by atoms with Crippen LogP contribution in [0.15, 0.2) is 54.6 Å². The van der Waals surface area contributed by atoms with E-state index < -0.39 is 0 Å². The fourth-order valence-corrected chi connectivity index (χ4v) is 2.77. The number of Topliss-reactive ketones (excluding diaryl/α,β-unsaturated/α-hetero) is 1. The minimum Gasteiger partial charge on any atom is -0.316 e. The summed E-state index contributed by atoms with van der Waals surface area (Å²) in [5, 5.41) is 3.30. The standard InChI is InChI=1S/C18H19NO.ClH/c20-18(17-7-4-12-19-13-17)16-10-8-15(9-11-16)14-5-2-1-3-6-14;/h1-3,5-6,8-11,17,19H,4,7,12-13H2;1H. The highest BCUT2D eigenvalue weighted by Gasteiger charge is 2.21. The zero-order valence-corrected chi connectivity index (χ0v) is 12.7. The Bertz CT molecular complexity index is 574. The number of carbonyl (C=O) groups excluding carboxylic acids is 1. The van der Waals surface area contributed by atoms with Crippen molar-refractivity contribution in [2.45, 2.75) is 12.8 Å². The van der Waals surface area contributed by atoms with Gasteiger partial charge in [-0.05, 0) is 30.5 Å². The lowest BCUT2D eigenvalue weighted by Crippen LogP contribution is -2.34. The van der Waals surface area contributed by atoms with Gasteiger partial charge in [0.05, 0.1) is 0 Å². The Hall–Kier alpha value is -1.64. The summed E-state index contributed by atoms with van der Waals surface area (Å²) < 4.78 is 0. The van der Waals surface area contributed by atoms with E-state index in [2.05, 4.69) is 17.4 Å². The van der Waals surface area contributed by atoms with E-state index in [1.165, 1.54) is 5.56 Å². The lowest BCUT2D eigenvalue weighted by atomic mass is 9.90. The van der Waals surface area contributed by atoms with Crippen LogP contribution in [-0.4, -0.2) is 18.9 Å². The lowest BCUT2D eigenvalue weighted by Gasteiger charge is -2.21. The highest BCUT2D eigenvalue weighted by Crippen LogP contribution is 2.22. The van der Waals surface area contributed by atoms with Gasteiger partial charge in [0.1, 0.15) is 0 Å². The summed E-state index contributed by atoms with van der Waals surface area (Å²) in [6.07, 6.45) is 2.10. The van der Waals surface area contributed by atoms with Gasteiger partial charge in [-0.25, -0.2) is 0 Å². The van der Waals surface area contributed by atoms with Gasteiger partial charge in [-0.2, -0.15) is 0 Å². The molecule has 0 aromatic heterocycles. The summed E-state index contributed by atoms with van der Waals surface area (Å²) in [5.74, 6) is 0.420. The van der Waals surface area contributed by atoms with Crippen LogP contribution >= 0.6 is 12.4 Å². The minimum absolute atomic E-state index is 0. The van der Waals surface area contributed by atoms with E-state index in [9.17, 15) is 4.79 Å². The van der Waals surface area contributed by atoms with E-state index in [4.69, 9.17) is 0 Å². The van der Waals surface area contributed by atoms with Gasteiger partial charge in [0.25, 0.3) is 0 Å². The van der Waals surface area contributed by atoms with Gasteiger partial charge in [0.15, 0.2) is 5.78 Å². The molecule has 0 amide bonds. The Morgan fingerprint density at radius 3 is 2.24 bits per heavy atom. The second-order valence-corrected chi connectivity index (χ2v) is 5.35. The molecule has 2 nitrogen and oxygen atoms in total. The van der Waals surface area contributed by atoms with E-state index in [0.717, 1.165) is 37.1 Å². The maximum atomic E-state index is 12.4. The van der Waals surface area contributed by atoms with Crippen LogP contribution in [0.3, 0.4) is 0 Å². The summed E-state index contributed by atoms with van der Waals surface area (Å²) in [7, 11) is 0. The number of rotatable bonds is 3. The first-order valence-corrected chi connectivity index (χ1v) is 7.25. The quantitative estimate of drug-likeness (QED) is 0.870. The third kappa shape index (κ3) is 3.72. The molecule has 1 atom stereocenters. The normalized spacial score (nSPS) is 17.8. The van der Waals surface area contributed by atoms with Crippen LogP contribution in [0, 0.1) is 5.92 Å². The summed E-state index contributed by atoms with van der Waals surface area (Å²) in [4.78, 5) is 12.4. The molecule has 3 rings (SSSR count). The molecule has 1 unspecified atom stereocenters. The van der Waals surface area contributed by atoms with Gasteiger partial charge in [-0.15, -0.1) is 12.4 Å². The molecule has 1 N–H and O–H groups in total. The first kappa shape index (κ1) is 15.7. The minimum atomic E-state index is 0. The molecule has 0 saturated carbocycles. The molecule has 1 heterocycles. The first-order valence-electron chi connectivity index (χ1n) is 7.25. The van der Waals surface area contributed by atoms with Crippen LogP contribution in [0.1, 0.15) is 23.2 Å². The average molecular weight is 302 g/mol. The zero-order chi connectivity index (χ0) is 13.8. The topological polar surface area (TPSA) is 29.1 Å². The Balaban J connectivity index is 0.00000161. The van der Waals surface area contributed by atoms with E-state index in [1.54, 1.807) is 0 Å². The fraction of sp³-hybridized carbons (Fsp3) is 0.278. The van der Waals surface area contributed by atoms with Gasteiger partial charge in [0.2, 0.25) is 0 Å². The van der Waals surface area contributed by atoms with Crippen molar-refractivity contribution in [2.75, 3.05) is 13.1 Å². The molecule has 110 valence electrons. The van der Waals surface area contributed by atoms with Crippen molar-refractivity contribution in [3.63, 3.8) is 0 Å². The number of ketones is 1. The predicted molar refractivity (Wildman–Crippen MR) is 89.1 cm³/mol. The maximum Gasteiger partial charge on any atom is 0.167 e. The molecule has 3 heteroatoms. The van der Waals surface area contributed by atoms with E-state index in [1.807, 2.05) is 42.5 Å². The smallest absolute Gasteiger partial charge is 0.167 e. The van der Waals surface area contributed by atoms with E-state index in [0.29, 0.717) is 0 Å². The molecule has 1 fully saturated rings. The van der Waals surface area contributed by atoms with Gasteiger partial charge in [-0.1, -0.05) is 54.6 Å². The van der Waals surface area contributed by atoms with Crippen LogP contribution < -0.4 is 5.32 Å². The molecule has 0 radical (unpaired) electrons. The van der Waals surface area contributed by atoms with Crippen molar-refractivity contribution in [1.82, 2.24) is 5.32 Å². The number of nitrogens with one attached hydrogen (secondary N) is 1. The number of piperidine rings is 1. The molecule has 1 aliphatic heterocycles. The van der Waals surface area contributed by atoms with Crippen LogP contribution in [-0.2, 0) is 0 Å². The van der Waals surface area contributed by atoms with Crippen molar-refractivity contribution < 1.29 is 4.79 Å². The van der Waals surface area contributed by atoms with Crippen LogP contribution in [0.4, 0.5) is 0 Å². The number of hydrogen-bond donors (Lipinski definition) is 1. The Kier molecular flexibility index (Phi) is 5.54. The monoisotopic (exact) mass is 301 g/mol. The van der Waals surface area contributed by atoms with Crippen molar-refractivity contribution in [2.24, 2.45) is 5.92 Å². The summed E-state index contributed by atoms with van der Waals surface area (Å²) in [6, 6.07) is 18.2. The highest BCUT2D eigenvalue weighted by atomic mass is 35.5. The third-order valence-corrected chi connectivity index (χ3v) is 3.94. The fourth-order valence-electron chi connectivity index (χ4n) is 2.77. The van der Waals surface area contributed by atoms with E-state index in [-0.39, 0.29) is 24.1 Å². The van der Waals surface area contributed by atoms with Gasteiger partial charge >= 0.3 is 0 Å². The second kappa shape index (κ2) is 7.39. The zero-order valence-electron chi connectivity index (χ0n) is 11.9. The number of carbonyl (C=O) groups is 1. The Morgan fingerprint density at radius 2 is 1.62 bits per heavy atom. The average Bonchev–Trinajstić information content (AvgIpc) is 2.56. The maximum absolute atomic E-state index is 12.4. The van der Waals surface area contributed by atoms with Gasteiger partial charge in [-0.3, -0.25) is 4.79 Å². The summed E-state index contributed by atoms with van der Waals surface area (Å²) >= 11 is 0. The molecule has 21 heavy (non-hydrogen) atoms. The lowest BCUT2D eigenvalue weighted by molar-refractivity contribution is 0.0899. The first-order chi connectivity index (χ1) is 9.84. The molecule has 2 aromatic rings. The van der Waals surface area contributed by atoms with Crippen molar-refractivity contribution in [1.29, 1.82) is 0 Å². The van der Waals surface area contributed by atoms with Crippen molar-refractivity contribution in [3.8, 4) is 11.1 Å². The number of halogens is 1. The molecule has 1 aliphatic rings. The Labute approximate surface area is 132 Å². The van der Waals surface area contributed by atoms with Crippen LogP contribution in [0.5, 0.6) is 0 Å². The highest BCUT2D eigenvalue weighted by molar-refractivity contribution is 5.98. The largest absolute Gasteiger partial charge is 0.316 e. The molecule has 0 bridgehead atoms. The van der Waals surface area contributed by atoms with Gasteiger partial charge in [0, 0.05) is 18.0 Å². The summed E-state index contributed by atoms with van der Waals surface area (Å²) in [6.45, 7) is 1.86. The SMILES string of the molecule is Cl.O=C(c1ccc(-c2ccccc2)cc1)C1CCCNC1. The molecular formula is C18H20ClNO. The molecular weight excluding hydrogens is 282 g/mol. The third-order valence-electron chi connectivity index (χ3n) is 3.94. The van der Waals surface area contributed by atoms with Crippen LogP contribution in [0.2, 0.25) is 0 Å². The van der Waals surface area contributed by atoms with E-state index >= 15 is 0 Å². The predicted octanol–water partition coefficient (Wildman–Crippen LogP) is 3.96. The Morgan fingerprint density at radius 1 is 0.952 bits per heavy atom. The number of benzene rings is 2. The van der Waals surface area contributed by atoms with Crippen LogP contribution in [0.25, 0.3) is 11.1 Å². The van der Waals surface area contributed by atoms with Crippen molar-refractivity contribution >= 4 is 18.2 Å². The summed E-state index contributed by atoms with van der Waals surface area (Å²) in [5.41, 5.74) is 3.17. The molecule has 0 aliphatic carbocycles. The van der Waals surface area contributed by atoms with Gasteiger partial charge < -0.3 is 5.32 Å². The number of hydrogen-bond acceptors (Lipinski definition) is 2. The second-order valence-electron chi connectivity index (χ2n) is 5.35. The molecule has 0 spiro atoms. The van der Waals surface area contributed by atoms with Crippen molar-refractivity contribution in [3.05, 3.63) is 60.2 Å².